The first-order chi connectivity index (χ1) is 10.5. The number of nitriles is 1. The summed E-state index contributed by atoms with van der Waals surface area (Å²) < 4.78 is 0. The number of carbonyl (C=O) groups is 2. The second kappa shape index (κ2) is 5.10. The van der Waals surface area contributed by atoms with E-state index in [1.807, 2.05) is 43.3 Å². The first-order valence-corrected chi connectivity index (χ1v) is 7.50. The SMILES string of the molecule is C[C@@H]1C(=O)C(C#N)=C[C@]2(c3ccccc3)C(=O)N(C)CC[C@@H]12. The molecule has 0 saturated carbocycles. The number of piperidine rings is 1. The quantitative estimate of drug-likeness (QED) is 0.796. The third-order valence-corrected chi connectivity index (χ3v) is 5.09. The Balaban J connectivity index is 2.30. The average Bonchev–Trinajstić information content (AvgIpc) is 2.55. The van der Waals surface area contributed by atoms with Crippen molar-refractivity contribution in [3.8, 4) is 6.07 Å². The number of allylic oxidation sites excluding steroid dienone is 1. The Labute approximate surface area is 130 Å². The van der Waals surface area contributed by atoms with Gasteiger partial charge in [-0.2, -0.15) is 5.26 Å². The minimum atomic E-state index is -0.896. The number of likely N-dealkylation sites (tertiary alicyclic amines) is 1. The third-order valence-electron chi connectivity index (χ3n) is 5.09. The Morgan fingerprint density at radius 3 is 2.59 bits per heavy atom. The van der Waals surface area contributed by atoms with Crippen LogP contribution in [-0.4, -0.2) is 30.2 Å². The molecule has 1 aromatic carbocycles. The molecule has 0 unspecified atom stereocenters. The molecule has 1 saturated heterocycles. The van der Waals surface area contributed by atoms with Crippen molar-refractivity contribution in [2.24, 2.45) is 11.8 Å². The van der Waals surface area contributed by atoms with Crippen molar-refractivity contribution in [2.75, 3.05) is 13.6 Å². The summed E-state index contributed by atoms with van der Waals surface area (Å²) in [5.41, 5.74) is 0.0760. The van der Waals surface area contributed by atoms with Gasteiger partial charge in [-0.1, -0.05) is 37.3 Å². The minimum Gasteiger partial charge on any atom is -0.345 e. The predicted octanol–water partition coefficient (Wildman–Crippen LogP) is 2.07. The summed E-state index contributed by atoms with van der Waals surface area (Å²) in [5, 5.41) is 9.32. The number of carbonyl (C=O) groups excluding carboxylic acids is 2. The zero-order chi connectivity index (χ0) is 15.9. The van der Waals surface area contributed by atoms with Crippen LogP contribution < -0.4 is 0 Å². The van der Waals surface area contributed by atoms with Crippen molar-refractivity contribution in [1.82, 2.24) is 4.90 Å². The van der Waals surface area contributed by atoms with Crippen LogP contribution in [-0.2, 0) is 15.0 Å². The summed E-state index contributed by atoms with van der Waals surface area (Å²) in [5.74, 6) is -0.584. The maximum Gasteiger partial charge on any atom is 0.237 e. The molecular weight excluding hydrogens is 276 g/mol. The molecule has 3 rings (SSSR count). The largest absolute Gasteiger partial charge is 0.345 e. The summed E-state index contributed by atoms with van der Waals surface area (Å²) in [6.45, 7) is 2.49. The van der Waals surface area contributed by atoms with E-state index in [2.05, 4.69) is 0 Å². The van der Waals surface area contributed by atoms with E-state index in [0.29, 0.717) is 6.54 Å². The van der Waals surface area contributed by atoms with E-state index in [4.69, 9.17) is 0 Å². The maximum atomic E-state index is 13.1. The van der Waals surface area contributed by atoms with Gasteiger partial charge < -0.3 is 4.90 Å². The van der Waals surface area contributed by atoms with Crippen LogP contribution in [0.2, 0.25) is 0 Å². The van der Waals surface area contributed by atoms with Gasteiger partial charge in [0.2, 0.25) is 5.91 Å². The summed E-state index contributed by atoms with van der Waals surface area (Å²) >= 11 is 0. The van der Waals surface area contributed by atoms with Gasteiger partial charge in [-0.05, 0) is 24.0 Å². The second-order valence-corrected chi connectivity index (χ2v) is 6.18. The predicted molar refractivity (Wildman–Crippen MR) is 81.7 cm³/mol. The molecule has 4 heteroatoms. The molecule has 1 aliphatic carbocycles. The van der Waals surface area contributed by atoms with Crippen molar-refractivity contribution < 1.29 is 9.59 Å². The molecule has 0 aromatic heterocycles. The van der Waals surface area contributed by atoms with Gasteiger partial charge in [-0.25, -0.2) is 0 Å². The average molecular weight is 294 g/mol. The monoisotopic (exact) mass is 294 g/mol. The van der Waals surface area contributed by atoms with Crippen molar-refractivity contribution in [3.63, 3.8) is 0 Å². The number of hydrogen-bond acceptors (Lipinski definition) is 3. The molecule has 0 bridgehead atoms. The molecule has 1 aliphatic heterocycles. The van der Waals surface area contributed by atoms with Crippen molar-refractivity contribution in [3.05, 3.63) is 47.5 Å². The molecule has 112 valence electrons. The van der Waals surface area contributed by atoms with E-state index in [-0.39, 0.29) is 29.1 Å². The number of benzene rings is 1. The standard InChI is InChI=1S/C18H18N2O2/c1-12-15-8-9-20(2)17(22)18(15,10-13(11-19)16(12)21)14-6-4-3-5-7-14/h3-7,10,12,15H,8-9H2,1-2H3/t12-,15-,18+/m0/s1. The van der Waals surface area contributed by atoms with Crippen molar-refractivity contribution >= 4 is 11.7 Å². The lowest BCUT2D eigenvalue weighted by Gasteiger charge is -2.49. The molecule has 1 heterocycles. The molecular formula is C18H18N2O2. The van der Waals surface area contributed by atoms with Gasteiger partial charge in [0.25, 0.3) is 0 Å². The number of fused-ring (bicyclic) bond motifs is 1. The summed E-state index contributed by atoms with van der Waals surface area (Å²) in [6.07, 6.45) is 2.38. The fourth-order valence-electron chi connectivity index (χ4n) is 3.90. The molecule has 1 fully saturated rings. The molecule has 4 nitrogen and oxygen atoms in total. The van der Waals surface area contributed by atoms with Crippen molar-refractivity contribution in [2.45, 2.75) is 18.8 Å². The Morgan fingerprint density at radius 2 is 1.95 bits per heavy atom. The normalized spacial score (nSPS) is 31.3. The second-order valence-electron chi connectivity index (χ2n) is 6.18. The fourth-order valence-corrected chi connectivity index (χ4v) is 3.90. The Kier molecular flexibility index (Phi) is 3.37. The van der Waals surface area contributed by atoms with Crippen LogP contribution in [0.1, 0.15) is 18.9 Å². The van der Waals surface area contributed by atoms with Gasteiger partial charge >= 0.3 is 0 Å². The zero-order valence-corrected chi connectivity index (χ0v) is 12.7. The van der Waals surface area contributed by atoms with Gasteiger partial charge in [0.15, 0.2) is 5.78 Å². The summed E-state index contributed by atoms with van der Waals surface area (Å²) in [4.78, 5) is 27.1. The van der Waals surface area contributed by atoms with Crippen LogP contribution >= 0.6 is 0 Å². The highest BCUT2D eigenvalue weighted by Crippen LogP contribution is 2.48. The fraction of sp³-hybridized carbons (Fsp3) is 0.389. The molecule has 0 N–H and O–H groups in total. The van der Waals surface area contributed by atoms with Gasteiger partial charge in [-0.15, -0.1) is 0 Å². The van der Waals surface area contributed by atoms with E-state index < -0.39 is 5.41 Å². The number of amides is 1. The molecule has 0 spiro atoms. The molecule has 1 amide bonds. The molecule has 2 aliphatic rings. The lowest BCUT2D eigenvalue weighted by Crippen LogP contribution is -2.58. The van der Waals surface area contributed by atoms with Gasteiger partial charge in [0, 0.05) is 19.5 Å². The van der Waals surface area contributed by atoms with Crippen LogP contribution in [0, 0.1) is 23.2 Å². The number of hydrogen-bond donors (Lipinski definition) is 0. The van der Waals surface area contributed by atoms with Crippen LogP contribution in [0.4, 0.5) is 0 Å². The topological polar surface area (TPSA) is 61.2 Å². The van der Waals surface area contributed by atoms with Gasteiger partial charge in [-0.3, -0.25) is 9.59 Å². The first kappa shape index (κ1) is 14.5. The molecule has 3 atom stereocenters. The van der Waals surface area contributed by atoms with Crippen LogP contribution in [0.15, 0.2) is 42.0 Å². The number of Topliss-reactive ketones (excluding diaryl/α,β-unsaturated/α-hetero) is 1. The van der Waals surface area contributed by atoms with E-state index in [0.717, 1.165) is 12.0 Å². The molecule has 0 radical (unpaired) electrons. The van der Waals surface area contributed by atoms with Gasteiger partial charge in [0.05, 0.1) is 11.0 Å². The Morgan fingerprint density at radius 1 is 1.27 bits per heavy atom. The summed E-state index contributed by atoms with van der Waals surface area (Å²) in [6, 6.07) is 11.5. The third kappa shape index (κ3) is 1.82. The van der Waals surface area contributed by atoms with E-state index >= 15 is 0 Å². The highest BCUT2D eigenvalue weighted by atomic mass is 16.2. The van der Waals surface area contributed by atoms with E-state index in [1.54, 1.807) is 18.0 Å². The number of likely N-dealkylation sites (N-methyl/N-ethyl adjacent to an activating group) is 1. The first-order valence-electron chi connectivity index (χ1n) is 7.50. The Bertz CT molecular complexity index is 702. The molecule has 22 heavy (non-hydrogen) atoms. The molecule has 1 aromatic rings. The van der Waals surface area contributed by atoms with Crippen LogP contribution in [0.3, 0.4) is 0 Å². The number of rotatable bonds is 1. The van der Waals surface area contributed by atoms with E-state index in [1.165, 1.54) is 0 Å². The maximum absolute atomic E-state index is 13.1. The smallest absolute Gasteiger partial charge is 0.237 e. The minimum absolute atomic E-state index is 0.0259. The van der Waals surface area contributed by atoms with E-state index in [9.17, 15) is 14.9 Å². The zero-order valence-electron chi connectivity index (χ0n) is 12.7. The van der Waals surface area contributed by atoms with Crippen LogP contribution in [0.25, 0.3) is 0 Å². The number of nitrogens with zero attached hydrogens (tertiary/aromatic N) is 2. The lowest BCUT2D eigenvalue weighted by molar-refractivity contribution is -0.143. The highest BCUT2D eigenvalue weighted by molar-refractivity contribution is 6.06. The van der Waals surface area contributed by atoms with Gasteiger partial charge in [0.1, 0.15) is 6.07 Å². The van der Waals surface area contributed by atoms with Crippen molar-refractivity contribution in [1.29, 1.82) is 5.26 Å². The lowest BCUT2D eigenvalue weighted by atomic mass is 9.57. The number of ketones is 1. The summed E-state index contributed by atoms with van der Waals surface area (Å²) in [7, 11) is 1.78. The van der Waals surface area contributed by atoms with Crippen LogP contribution in [0.5, 0.6) is 0 Å². The highest BCUT2D eigenvalue weighted by Gasteiger charge is 2.55. The Hall–Kier alpha value is -2.41.